The molecule has 1 amide bonds. The molecular weight excluding hydrogens is 320 g/mol. The molecule has 0 saturated carbocycles. The normalized spacial score (nSPS) is 10.3. The second-order valence-electron chi connectivity index (χ2n) is 3.67. The molecule has 0 radical (unpaired) electrons. The molecule has 0 bridgehead atoms. The fraction of sp³-hybridized carbons (Fsp3) is 0.167. The highest BCUT2D eigenvalue weighted by Gasteiger charge is 2.08. The molecule has 0 aliphatic rings. The van der Waals surface area contributed by atoms with Crippen molar-refractivity contribution in [2.24, 2.45) is 0 Å². The Kier molecular flexibility index (Phi) is 4.38. The van der Waals surface area contributed by atoms with E-state index in [-0.39, 0.29) is 12.3 Å². The van der Waals surface area contributed by atoms with E-state index in [0.717, 1.165) is 10.0 Å². The van der Waals surface area contributed by atoms with Crippen LogP contribution in [0.25, 0.3) is 0 Å². The van der Waals surface area contributed by atoms with E-state index in [1.54, 1.807) is 18.2 Å². The van der Waals surface area contributed by atoms with E-state index < -0.39 is 0 Å². The fourth-order valence-electron chi connectivity index (χ4n) is 1.43. The molecule has 4 nitrogen and oxygen atoms in total. The number of carbonyl (C=O) groups excluding carboxylic acids is 1. The molecule has 0 spiro atoms. The van der Waals surface area contributed by atoms with Crippen LogP contribution in [0.5, 0.6) is 0 Å². The number of rotatable bonds is 4. The maximum absolute atomic E-state index is 11.7. The third-order valence-electron chi connectivity index (χ3n) is 2.31. The van der Waals surface area contributed by atoms with Gasteiger partial charge in [-0.25, -0.2) is 0 Å². The first-order valence-corrected chi connectivity index (χ1v) is 6.42. The minimum atomic E-state index is -0.102. The maximum atomic E-state index is 11.7. The molecule has 0 saturated heterocycles. The average molecular weight is 330 g/mol. The largest absolute Gasteiger partial charge is 0.360 e. The summed E-state index contributed by atoms with van der Waals surface area (Å²) in [6.07, 6.45) is 1.80. The fourth-order valence-corrected chi connectivity index (χ4v) is 2.01. The molecule has 1 aromatic carbocycles. The van der Waals surface area contributed by atoms with Crippen LogP contribution in [0.1, 0.15) is 11.3 Å². The van der Waals surface area contributed by atoms with Gasteiger partial charge in [0.2, 0.25) is 5.91 Å². The molecule has 0 atom stereocenters. The van der Waals surface area contributed by atoms with Gasteiger partial charge in [0.1, 0.15) is 0 Å². The van der Waals surface area contributed by atoms with Crippen LogP contribution in [0.2, 0.25) is 5.02 Å². The SMILES string of the molecule is O=C(Cc1cc(Cl)ccc1Br)NCc1ccno1. The monoisotopic (exact) mass is 328 g/mol. The second kappa shape index (κ2) is 6.02. The Morgan fingerprint density at radius 1 is 1.44 bits per heavy atom. The third kappa shape index (κ3) is 3.58. The van der Waals surface area contributed by atoms with Crippen molar-refractivity contribution in [3.8, 4) is 0 Å². The van der Waals surface area contributed by atoms with Crippen LogP contribution in [-0.4, -0.2) is 11.1 Å². The van der Waals surface area contributed by atoms with Crippen LogP contribution < -0.4 is 5.32 Å². The van der Waals surface area contributed by atoms with Crippen molar-refractivity contribution in [3.05, 3.63) is 51.3 Å². The lowest BCUT2D eigenvalue weighted by Crippen LogP contribution is -2.24. The predicted molar refractivity (Wildman–Crippen MR) is 71.2 cm³/mol. The number of hydrogen-bond acceptors (Lipinski definition) is 3. The summed E-state index contributed by atoms with van der Waals surface area (Å²) in [5.41, 5.74) is 0.845. The molecule has 0 aliphatic heterocycles. The van der Waals surface area contributed by atoms with Gasteiger partial charge in [0.25, 0.3) is 0 Å². The molecule has 0 aliphatic carbocycles. The van der Waals surface area contributed by atoms with Gasteiger partial charge in [-0.1, -0.05) is 32.7 Å². The lowest BCUT2D eigenvalue weighted by molar-refractivity contribution is -0.120. The minimum absolute atomic E-state index is 0.102. The van der Waals surface area contributed by atoms with E-state index in [1.165, 1.54) is 6.20 Å². The Morgan fingerprint density at radius 3 is 3.00 bits per heavy atom. The number of nitrogens with one attached hydrogen (secondary N) is 1. The molecule has 2 aromatic rings. The number of hydrogen-bond donors (Lipinski definition) is 1. The molecule has 1 heterocycles. The topological polar surface area (TPSA) is 55.1 Å². The molecule has 94 valence electrons. The molecule has 0 fully saturated rings. The number of carbonyl (C=O) groups is 1. The molecule has 1 aromatic heterocycles. The molecule has 18 heavy (non-hydrogen) atoms. The molecule has 2 rings (SSSR count). The van der Waals surface area contributed by atoms with E-state index in [0.29, 0.717) is 17.3 Å². The minimum Gasteiger partial charge on any atom is -0.360 e. The Bertz CT molecular complexity index is 543. The van der Waals surface area contributed by atoms with Gasteiger partial charge in [0, 0.05) is 15.6 Å². The van der Waals surface area contributed by atoms with E-state index in [4.69, 9.17) is 16.1 Å². The summed E-state index contributed by atoms with van der Waals surface area (Å²) in [7, 11) is 0. The van der Waals surface area contributed by atoms with Crippen molar-refractivity contribution >= 4 is 33.4 Å². The highest BCUT2D eigenvalue weighted by atomic mass is 79.9. The Morgan fingerprint density at radius 2 is 2.28 bits per heavy atom. The van der Waals surface area contributed by atoms with E-state index >= 15 is 0 Å². The van der Waals surface area contributed by atoms with Crippen molar-refractivity contribution in [2.75, 3.05) is 0 Å². The van der Waals surface area contributed by atoms with Gasteiger partial charge >= 0.3 is 0 Å². The molecule has 0 unspecified atom stereocenters. The van der Waals surface area contributed by atoms with Crippen LogP contribution in [0.4, 0.5) is 0 Å². The van der Waals surface area contributed by atoms with Gasteiger partial charge in [-0.3, -0.25) is 4.79 Å². The summed E-state index contributed by atoms with van der Waals surface area (Å²) in [5.74, 6) is 0.517. The first-order chi connectivity index (χ1) is 8.65. The highest BCUT2D eigenvalue weighted by molar-refractivity contribution is 9.10. The summed E-state index contributed by atoms with van der Waals surface area (Å²) in [6, 6.07) is 7.05. The Hall–Kier alpha value is -1.33. The average Bonchev–Trinajstić information content (AvgIpc) is 2.84. The van der Waals surface area contributed by atoms with Gasteiger partial charge in [-0.15, -0.1) is 0 Å². The first-order valence-electron chi connectivity index (χ1n) is 5.25. The van der Waals surface area contributed by atoms with Gasteiger partial charge in [-0.2, -0.15) is 0 Å². The van der Waals surface area contributed by atoms with Gasteiger partial charge in [0.15, 0.2) is 5.76 Å². The summed E-state index contributed by atoms with van der Waals surface area (Å²) >= 11 is 9.26. The van der Waals surface area contributed by atoms with Crippen molar-refractivity contribution in [1.29, 1.82) is 0 Å². The summed E-state index contributed by atoms with van der Waals surface area (Å²) in [4.78, 5) is 11.7. The van der Waals surface area contributed by atoms with Crippen molar-refractivity contribution in [3.63, 3.8) is 0 Å². The van der Waals surface area contributed by atoms with Gasteiger partial charge < -0.3 is 9.84 Å². The summed E-state index contributed by atoms with van der Waals surface area (Å²) in [5, 5.41) is 6.91. The quantitative estimate of drug-likeness (QED) is 0.938. The zero-order valence-electron chi connectivity index (χ0n) is 9.32. The van der Waals surface area contributed by atoms with Crippen molar-refractivity contribution < 1.29 is 9.32 Å². The number of aromatic nitrogens is 1. The zero-order valence-corrected chi connectivity index (χ0v) is 11.7. The number of halogens is 2. The van der Waals surface area contributed by atoms with Gasteiger partial charge in [0.05, 0.1) is 19.2 Å². The third-order valence-corrected chi connectivity index (χ3v) is 3.32. The second-order valence-corrected chi connectivity index (χ2v) is 4.96. The van der Waals surface area contributed by atoms with E-state index in [9.17, 15) is 4.79 Å². The first kappa shape index (κ1) is 13.1. The Balaban J connectivity index is 1.92. The van der Waals surface area contributed by atoms with Crippen LogP contribution in [0, 0.1) is 0 Å². The van der Waals surface area contributed by atoms with Crippen LogP contribution in [0.15, 0.2) is 39.5 Å². The maximum Gasteiger partial charge on any atom is 0.224 e. The van der Waals surface area contributed by atoms with E-state index in [1.807, 2.05) is 6.07 Å². The molecule has 6 heteroatoms. The van der Waals surface area contributed by atoms with Crippen LogP contribution >= 0.6 is 27.5 Å². The Labute approximate surface area is 117 Å². The highest BCUT2D eigenvalue weighted by Crippen LogP contribution is 2.21. The van der Waals surface area contributed by atoms with E-state index in [2.05, 4.69) is 26.4 Å². The lowest BCUT2D eigenvalue weighted by Gasteiger charge is -2.05. The molecular formula is C12H10BrClN2O2. The zero-order chi connectivity index (χ0) is 13.0. The lowest BCUT2D eigenvalue weighted by atomic mass is 10.1. The van der Waals surface area contributed by atoms with Crippen molar-refractivity contribution in [1.82, 2.24) is 10.5 Å². The summed E-state index contributed by atoms with van der Waals surface area (Å²) in [6.45, 7) is 0.330. The van der Waals surface area contributed by atoms with Crippen LogP contribution in [0.3, 0.4) is 0 Å². The number of amides is 1. The number of benzene rings is 1. The predicted octanol–water partition coefficient (Wildman–Crippen LogP) is 2.95. The van der Waals surface area contributed by atoms with Gasteiger partial charge in [-0.05, 0) is 23.8 Å². The summed E-state index contributed by atoms with van der Waals surface area (Å²) < 4.78 is 5.74. The smallest absolute Gasteiger partial charge is 0.224 e. The standard InChI is InChI=1S/C12H10BrClN2O2/c13-11-2-1-9(14)5-8(11)6-12(17)15-7-10-3-4-16-18-10/h1-5H,6-7H2,(H,15,17). The number of nitrogens with zero attached hydrogens (tertiary/aromatic N) is 1. The van der Waals surface area contributed by atoms with Crippen molar-refractivity contribution in [2.45, 2.75) is 13.0 Å². The molecule has 1 N–H and O–H groups in total. The van der Waals surface area contributed by atoms with Crippen LogP contribution in [-0.2, 0) is 17.8 Å².